The highest BCUT2D eigenvalue weighted by molar-refractivity contribution is 5.90. The van der Waals surface area contributed by atoms with Crippen molar-refractivity contribution in [3.05, 3.63) is 71.3 Å². The number of benzene rings is 2. The lowest BCUT2D eigenvalue weighted by Gasteiger charge is -2.26. The Kier molecular flexibility index (Phi) is 6.12. The highest BCUT2D eigenvalue weighted by Crippen LogP contribution is 2.45. The third kappa shape index (κ3) is 3.96. The van der Waals surface area contributed by atoms with Crippen molar-refractivity contribution in [1.29, 1.82) is 0 Å². The number of allylic oxidation sites excluding steroid dienone is 1. The van der Waals surface area contributed by atoms with Gasteiger partial charge in [-0.3, -0.25) is 4.79 Å². The summed E-state index contributed by atoms with van der Waals surface area (Å²) in [5, 5.41) is 0. The summed E-state index contributed by atoms with van der Waals surface area (Å²) in [6.45, 7) is 0. The lowest BCUT2D eigenvalue weighted by Crippen LogP contribution is -2.33. The molecule has 2 aliphatic rings. The van der Waals surface area contributed by atoms with Gasteiger partial charge in [-0.15, -0.1) is 0 Å². The molecule has 0 N–H and O–H groups in total. The number of ether oxygens (including phenoxy) is 3. The van der Waals surface area contributed by atoms with Crippen LogP contribution in [0.15, 0.2) is 60.2 Å². The highest BCUT2D eigenvalue weighted by Gasteiger charge is 2.51. The van der Waals surface area contributed by atoms with Gasteiger partial charge in [0.05, 0.1) is 14.2 Å². The van der Waals surface area contributed by atoms with Gasteiger partial charge >= 0.3 is 5.97 Å². The Balaban J connectivity index is 1.72. The molecule has 0 unspecified atom stereocenters. The molecule has 2 aromatic rings. The molecule has 1 aliphatic carbocycles. The van der Waals surface area contributed by atoms with Crippen LogP contribution in [-0.2, 0) is 14.9 Å². The number of hydrogen-bond acceptors (Lipinski definition) is 4. The first-order valence-corrected chi connectivity index (χ1v) is 10.9. The van der Waals surface area contributed by atoms with Crippen molar-refractivity contribution in [2.75, 3.05) is 14.2 Å². The number of hydrogen-bond donors (Lipinski definition) is 0. The Labute approximate surface area is 178 Å². The Morgan fingerprint density at radius 3 is 1.80 bits per heavy atom. The molecule has 0 amide bonds. The van der Waals surface area contributed by atoms with Crippen LogP contribution in [0.3, 0.4) is 0 Å². The first kappa shape index (κ1) is 20.5. The molecule has 4 nitrogen and oxygen atoms in total. The SMILES string of the molecule is COc1ccc(C2(c3ccc(OC)cc3)C[C@@H](C=C3CCCCCC3)OC2=O)cc1. The number of carbonyl (C=O) groups excluding carboxylic acids is 1. The van der Waals surface area contributed by atoms with Crippen LogP contribution in [0.4, 0.5) is 0 Å². The van der Waals surface area contributed by atoms with E-state index in [0.29, 0.717) is 6.42 Å². The van der Waals surface area contributed by atoms with Crippen molar-refractivity contribution in [2.45, 2.75) is 56.5 Å². The second-order valence-electron chi connectivity index (χ2n) is 8.25. The number of rotatable bonds is 5. The second kappa shape index (κ2) is 8.95. The summed E-state index contributed by atoms with van der Waals surface area (Å²) >= 11 is 0. The van der Waals surface area contributed by atoms with E-state index in [1.54, 1.807) is 14.2 Å². The van der Waals surface area contributed by atoms with Crippen molar-refractivity contribution in [3.63, 3.8) is 0 Å². The molecule has 158 valence electrons. The number of carbonyl (C=O) groups is 1. The molecule has 1 aliphatic heterocycles. The summed E-state index contributed by atoms with van der Waals surface area (Å²) < 4.78 is 16.6. The zero-order valence-electron chi connectivity index (χ0n) is 17.9. The summed E-state index contributed by atoms with van der Waals surface area (Å²) in [6, 6.07) is 15.5. The van der Waals surface area contributed by atoms with Gasteiger partial charge in [0.15, 0.2) is 0 Å². The van der Waals surface area contributed by atoms with Crippen molar-refractivity contribution < 1.29 is 19.0 Å². The molecule has 1 heterocycles. The van der Waals surface area contributed by atoms with Gasteiger partial charge in [-0.2, -0.15) is 0 Å². The minimum Gasteiger partial charge on any atom is -0.497 e. The zero-order valence-corrected chi connectivity index (χ0v) is 17.9. The fourth-order valence-electron chi connectivity index (χ4n) is 4.76. The van der Waals surface area contributed by atoms with Gasteiger partial charge in [0, 0.05) is 6.42 Å². The third-order valence-electron chi connectivity index (χ3n) is 6.45. The maximum absolute atomic E-state index is 13.4. The predicted octanol–water partition coefficient (Wildman–Crippen LogP) is 5.59. The van der Waals surface area contributed by atoms with Crippen molar-refractivity contribution >= 4 is 5.97 Å². The number of methoxy groups -OCH3 is 2. The maximum Gasteiger partial charge on any atom is 0.321 e. The zero-order chi connectivity index (χ0) is 21.0. The number of esters is 1. The smallest absolute Gasteiger partial charge is 0.321 e. The molecular formula is C26H30O4. The van der Waals surface area contributed by atoms with Crippen molar-refractivity contribution in [1.82, 2.24) is 0 Å². The molecule has 2 fully saturated rings. The largest absolute Gasteiger partial charge is 0.497 e. The molecule has 1 saturated carbocycles. The molecule has 2 aromatic carbocycles. The average molecular weight is 407 g/mol. The van der Waals surface area contributed by atoms with Gasteiger partial charge < -0.3 is 14.2 Å². The summed E-state index contributed by atoms with van der Waals surface area (Å²) in [5.41, 5.74) is 2.47. The summed E-state index contributed by atoms with van der Waals surface area (Å²) in [7, 11) is 3.29. The topological polar surface area (TPSA) is 44.8 Å². The van der Waals surface area contributed by atoms with Crippen LogP contribution < -0.4 is 9.47 Å². The van der Waals surface area contributed by atoms with Crippen LogP contribution in [0.1, 0.15) is 56.1 Å². The first-order chi connectivity index (χ1) is 14.7. The minimum atomic E-state index is -0.828. The van der Waals surface area contributed by atoms with E-state index in [-0.39, 0.29) is 12.1 Å². The Hall–Kier alpha value is -2.75. The van der Waals surface area contributed by atoms with Gasteiger partial charge in [-0.1, -0.05) is 42.7 Å². The molecule has 0 spiro atoms. The summed E-state index contributed by atoms with van der Waals surface area (Å²) in [4.78, 5) is 13.4. The number of cyclic esters (lactones) is 1. The quantitative estimate of drug-likeness (QED) is 0.369. The van der Waals surface area contributed by atoms with Crippen molar-refractivity contribution in [3.8, 4) is 11.5 Å². The van der Waals surface area contributed by atoms with Gasteiger partial charge in [0.1, 0.15) is 23.0 Å². The molecule has 1 saturated heterocycles. The van der Waals surface area contributed by atoms with Gasteiger partial charge in [-0.05, 0) is 67.2 Å². The average Bonchev–Trinajstić information content (AvgIpc) is 2.94. The van der Waals surface area contributed by atoms with E-state index in [9.17, 15) is 4.79 Å². The molecule has 1 atom stereocenters. The molecule has 4 rings (SSSR count). The van der Waals surface area contributed by atoms with Crippen LogP contribution in [-0.4, -0.2) is 26.3 Å². The van der Waals surface area contributed by atoms with E-state index in [1.807, 2.05) is 48.5 Å². The lowest BCUT2D eigenvalue weighted by molar-refractivity contribution is -0.143. The van der Waals surface area contributed by atoms with E-state index in [1.165, 1.54) is 31.3 Å². The van der Waals surface area contributed by atoms with Crippen LogP contribution in [0.25, 0.3) is 0 Å². The maximum atomic E-state index is 13.4. The van der Waals surface area contributed by atoms with E-state index >= 15 is 0 Å². The molecule has 4 heteroatoms. The molecular weight excluding hydrogens is 376 g/mol. The summed E-state index contributed by atoms with van der Waals surface area (Å²) in [6.07, 6.45) is 9.91. The molecule has 0 radical (unpaired) electrons. The predicted molar refractivity (Wildman–Crippen MR) is 117 cm³/mol. The third-order valence-corrected chi connectivity index (χ3v) is 6.45. The highest BCUT2D eigenvalue weighted by atomic mass is 16.6. The normalized spacial score (nSPS) is 20.9. The van der Waals surface area contributed by atoms with Gasteiger partial charge in [0.2, 0.25) is 0 Å². The van der Waals surface area contributed by atoms with E-state index in [2.05, 4.69) is 6.08 Å². The monoisotopic (exact) mass is 406 g/mol. The Morgan fingerprint density at radius 1 is 0.833 bits per heavy atom. The minimum absolute atomic E-state index is 0.187. The molecule has 0 aromatic heterocycles. The van der Waals surface area contributed by atoms with Crippen LogP contribution in [0, 0.1) is 0 Å². The van der Waals surface area contributed by atoms with Crippen LogP contribution in [0.5, 0.6) is 11.5 Å². The fourth-order valence-corrected chi connectivity index (χ4v) is 4.76. The summed E-state index contributed by atoms with van der Waals surface area (Å²) in [5.74, 6) is 1.35. The molecule has 30 heavy (non-hydrogen) atoms. The van der Waals surface area contributed by atoms with Crippen molar-refractivity contribution in [2.24, 2.45) is 0 Å². The lowest BCUT2D eigenvalue weighted by atomic mass is 9.72. The van der Waals surface area contributed by atoms with Gasteiger partial charge in [-0.25, -0.2) is 0 Å². The fraction of sp³-hybridized carbons (Fsp3) is 0.423. The van der Waals surface area contributed by atoms with E-state index in [0.717, 1.165) is 35.5 Å². The first-order valence-electron chi connectivity index (χ1n) is 10.9. The second-order valence-corrected chi connectivity index (χ2v) is 8.25. The van der Waals surface area contributed by atoms with Crippen LogP contribution in [0.2, 0.25) is 0 Å². The van der Waals surface area contributed by atoms with Gasteiger partial charge in [0.25, 0.3) is 0 Å². The standard InChI is InChI=1S/C26H30O4/c1-28-22-13-9-20(10-14-22)26(21-11-15-23(29-2)16-12-21)18-24(30-25(26)27)17-19-7-5-3-4-6-8-19/h9-17,24H,3-8,18H2,1-2H3/t24-/m1/s1. The van der Waals surface area contributed by atoms with Crippen LogP contribution >= 0.6 is 0 Å². The van der Waals surface area contributed by atoms with E-state index in [4.69, 9.17) is 14.2 Å². The Morgan fingerprint density at radius 2 is 1.33 bits per heavy atom. The Bertz CT molecular complexity index is 838. The molecule has 0 bridgehead atoms. The van der Waals surface area contributed by atoms with E-state index < -0.39 is 5.41 Å².